The number of nitrogens with zero attached hydrogens (tertiary/aromatic N) is 2. The van der Waals surface area contributed by atoms with Gasteiger partial charge in [0, 0.05) is 35.3 Å². The molecular formula is C21H25N3O. The molecule has 0 radical (unpaired) electrons. The summed E-state index contributed by atoms with van der Waals surface area (Å²) in [4.78, 5) is 18.6. The summed E-state index contributed by atoms with van der Waals surface area (Å²) in [6.45, 7) is 7.64. The fraction of sp³-hybridized carbons (Fsp3) is 0.286. The number of rotatable bonds is 2. The Morgan fingerprint density at radius 3 is 2.28 bits per heavy atom. The quantitative estimate of drug-likeness (QED) is 0.604. The van der Waals surface area contributed by atoms with Crippen LogP contribution in [0.15, 0.2) is 48.8 Å². The zero-order valence-corrected chi connectivity index (χ0v) is 15.3. The van der Waals surface area contributed by atoms with Crippen LogP contribution in [0.2, 0.25) is 0 Å². The molecule has 0 unspecified atom stereocenters. The van der Waals surface area contributed by atoms with Crippen molar-refractivity contribution in [2.24, 2.45) is 0 Å². The molecule has 4 heteroatoms. The van der Waals surface area contributed by atoms with Crippen LogP contribution in [0.4, 0.5) is 0 Å². The van der Waals surface area contributed by atoms with Crippen LogP contribution in [-0.2, 0) is 0 Å². The number of H-pyrrole nitrogens is 1. The Balaban J connectivity index is 0.000000386. The number of nitriles is 1. The molecule has 2 heterocycles. The number of aromatic nitrogens is 2. The second kappa shape index (κ2) is 10.8. The van der Waals surface area contributed by atoms with E-state index in [4.69, 9.17) is 5.26 Å². The highest BCUT2D eigenvalue weighted by Gasteiger charge is 2.06. The molecule has 2 aromatic heterocycles. The Morgan fingerprint density at radius 1 is 1.16 bits per heavy atom. The number of ketones is 1. The third kappa shape index (κ3) is 5.89. The molecule has 0 aliphatic carbocycles. The summed E-state index contributed by atoms with van der Waals surface area (Å²) >= 11 is 0. The molecule has 0 saturated carbocycles. The van der Waals surface area contributed by atoms with Crippen LogP contribution in [0.25, 0.3) is 22.2 Å². The molecule has 0 aliphatic heterocycles. The highest BCUT2D eigenvalue weighted by atomic mass is 16.1. The van der Waals surface area contributed by atoms with Crippen LogP contribution in [0.1, 0.15) is 50.9 Å². The second-order valence-corrected chi connectivity index (χ2v) is 5.45. The van der Waals surface area contributed by atoms with Crippen molar-refractivity contribution >= 4 is 16.8 Å². The Bertz CT molecular complexity index is 826. The van der Waals surface area contributed by atoms with E-state index in [1.807, 2.05) is 55.6 Å². The van der Waals surface area contributed by atoms with E-state index in [-0.39, 0.29) is 5.78 Å². The Kier molecular flexibility index (Phi) is 8.67. The standard InChI is InChI=1S/C15H12N2O.C3H5N.C3H8/c1-10(18)11-4-6-12(7-5-11)14-9-17-15-13(14)3-2-8-16-15;1-2-3-4;1-3-2/h2-9H,1H3,(H,16,17);2H2,1H3;3H2,1-2H3. The number of aromatic amines is 1. The summed E-state index contributed by atoms with van der Waals surface area (Å²) < 4.78 is 0. The van der Waals surface area contributed by atoms with E-state index in [1.54, 1.807) is 13.1 Å². The van der Waals surface area contributed by atoms with Gasteiger partial charge in [-0.1, -0.05) is 51.5 Å². The zero-order chi connectivity index (χ0) is 18.7. The van der Waals surface area contributed by atoms with E-state index in [1.165, 1.54) is 6.42 Å². The van der Waals surface area contributed by atoms with Crippen LogP contribution >= 0.6 is 0 Å². The molecule has 3 aromatic rings. The molecule has 0 saturated heterocycles. The van der Waals surface area contributed by atoms with Crippen molar-refractivity contribution in [3.8, 4) is 17.2 Å². The maximum Gasteiger partial charge on any atom is 0.159 e. The minimum Gasteiger partial charge on any atom is -0.346 e. The molecule has 0 bridgehead atoms. The van der Waals surface area contributed by atoms with Gasteiger partial charge < -0.3 is 4.98 Å². The first-order chi connectivity index (χ1) is 12.1. The molecule has 3 rings (SSSR count). The molecule has 0 fully saturated rings. The Labute approximate surface area is 149 Å². The number of Topliss-reactive ketones (excluding diaryl/α,β-unsaturated/α-hetero) is 1. The number of carbonyl (C=O) groups is 1. The van der Waals surface area contributed by atoms with Crippen LogP contribution < -0.4 is 0 Å². The molecule has 25 heavy (non-hydrogen) atoms. The number of hydrogen-bond acceptors (Lipinski definition) is 3. The highest BCUT2D eigenvalue weighted by Crippen LogP contribution is 2.27. The van der Waals surface area contributed by atoms with E-state index >= 15 is 0 Å². The third-order valence-electron chi connectivity index (χ3n) is 3.21. The second-order valence-electron chi connectivity index (χ2n) is 5.45. The first-order valence-electron chi connectivity index (χ1n) is 8.49. The van der Waals surface area contributed by atoms with Crippen LogP contribution in [-0.4, -0.2) is 15.8 Å². The molecule has 1 aromatic carbocycles. The summed E-state index contributed by atoms with van der Waals surface area (Å²) in [5.74, 6) is 0.0853. The molecule has 0 atom stereocenters. The lowest BCUT2D eigenvalue weighted by atomic mass is 10.0. The van der Waals surface area contributed by atoms with Gasteiger partial charge >= 0.3 is 0 Å². The maximum absolute atomic E-state index is 11.2. The van der Waals surface area contributed by atoms with Gasteiger partial charge in [-0.15, -0.1) is 0 Å². The van der Waals surface area contributed by atoms with Gasteiger partial charge in [-0.2, -0.15) is 5.26 Å². The topological polar surface area (TPSA) is 69.5 Å². The average molecular weight is 335 g/mol. The van der Waals surface area contributed by atoms with E-state index in [0.717, 1.165) is 27.7 Å². The summed E-state index contributed by atoms with van der Waals surface area (Å²) in [6.07, 6.45) is 5.59. The lowest BCUT2D eigenvalue weighted by Gasteiger charge is -2.01. The maximum atomic E-state index is 11.2. The SMILES string of the molecule is CC(=O)c1ccc(-c2c[nH]c3ncccc23)cc1.CCC.CCC#N. The van der Waals surface area contributed by atoms with Gasteiger partial charge in [-0.25, -0.2) is 4.98 Å². The minimum atomic E-state index is 0.0853. The highest BCUT2D eigenvalue weighted by molar-refractivity contribution is 5.96. The minimum absolute atomic E-state index is 0.0853. The fourth-order valence-electron chi connectivity index (χ4n) is 2.08. The van der Waals surface area contributed by atoms with E-state index in [2.05, 4.69) is 23.8 Å². The summed E-state index contributed by atoms with van der Waals surface area (Å²) in [5, 5.41) is 8.72. The summed E-state index contributed by atoms with van der Waals surface area (Å²) in [5.41, 5.74) is 3.80. The number of pyridine rings is 1. The van der Waals surface area contributed by atoms with Crippen molar-refractivity contribution in [1.29, 1.82) is 5.26 Å². The normalized spacial score (nSPS) is 9.24. The van der Waals surface area contributed by atoms with Crippen molar-refractivity contribution < 1.29 is 4.79 Å². The van der Waals surface area contributed by atoms with Gasteiger partial charge in [0.05, 0.1) is 6.07 Å². The fourth-order valence-corrected chi connectivity index (χ4v) is 2.08. The van der Waals surface area contributed by atoms with E-state index in [0.29, 0.717) is 6.42 Å². The van der Waals surface area contributed by atoms with Crippen molar-refractivity contribution in [3.63, 3.8) is 0 Å². The molecule has 0 spiro atoms. The Morgan fingerprint density at radius 2 is 1.76 bits per heavy atom. The van der Waals surface area contributed by atoms with E-state index in [9.17, 15) is 4.79 Å². The molecule has 0 aliphatic rings. The number of nitrogens with one attached hydrogen (secondary N) is 1. The van der Waals surface area contributed by atoms with Crippen LogP contribution in [0, 0.1) is 11.3 Å². The monoisotopic (exact) mass is 335 g/mol. The molecule has 0 amide bonds. The van der Waals surface area contributed by atoms with Gasteiger partial charge in [0.2, 0.25) is 0 Å². The molecule has 130 valence electrons. The Hall–Kier alpha value is -2.93. The number of fused-ring (bicyclic) bond motifs is 1. The van der Waals surface area contributed by atoms with Gasteiger partial charge in [-0.3, -0.25) is 4.79 Å². The van der Waals surface area contributed by atoms with Crippen molar-refractivity contribution in [1.82, 2.24) is 9.97 Å². The van der Waals surface area contributed by atoms with Gasteiger partial charge in [0.15, 0.2) is 5.78 Å². The van der Waals surface area contributed by atoms with Crippen LogP contribution in [0.3, 0.4) is 0 Å². The summed E-state index contributed by atoms with van der Waals surface area (Å²) in [6, 6.07) is 13.5. The zero-order valence-electron chi connectivity index (χ0n) is 15.3. The molecule has 4 nitrogen and oxygen atoms in total. The predicted octanol–water partition coefficient (Wildman–Crippen LogP) is 5.77. The van der Waals surface area contributed by atoms with Crippen molar-refractivity contribution in [3.05, 3.63) is 54.4 Å². The van der Waals surface area contributed by atoms with Crippen LogP contribution in [0.5, 0.6) is 0 Å². The lowest BCUT2D eigenvalue weighted by Crippen LogP contribution is -1.90. The first-order valence-corrected chi connectivity index (χ1v) is 8.49. The lowest BCUT2D eigenvalue weighted by molar-refractivity contribution is 0.101. The van der Waals surface area contributed by atoms with Gasteiger partial charge in [0.25, 0.3) is 0 Å². The number of benzene rings is 1. The van der Waals surface area contributed by atoms with Gasteiger partial charge in [-0.05, 0) is 24.6 Å². The van der Waals surface area contributed by atoms with Gasteiger partial charge in [0.1, 0.15) is 5.65 Å². The van der Waals surface area contributed by atoms with Crippen molar-refractivity contribution in [2.45, 2.75) is 40.5 Å². The first kappa shape index (κ1) is 20.1. The average Bonchev–Trinajstić information content (AvgIpc) is 3.07. The summed E-state index contributed by atoms with van der Waals surface area (Å²) in [7, 11) is 0. The number of carbonyl (C=O) groups excluding carboxylic acids is 1. The molecule has 1 N–H and O–H groups in total. The van der Waals surface area contributed by atoms with E-state index < -0.39 is 0 Å². The third-order valence-corrected chi connectivity index (χ3v) is 3.21. The number of hydrogen-bond donors (Lipinski definition) is 1. The largest absolute Gasteiger partial charge is 0.346 e. The molecular weight excluding hydrogens is 310 g/mol. The van der Waals surface area contributed by atoms with Crippen molar-refractivity contribution in [2.75, 3.05) is 0 Å². The predicted molar refractivity (Wildman–Crippen MR) is 103 cm³/mol. The smallest absolute Gasteiger partial charge is 0.159 e.